The van der Waals surface area contributed by atoms with Crippen molar-refractivity contribution in [2.24, 2.45) is 5.11 Å². The van der Waals surface area contributed by atoms with E-state index in [1.807, 2.05) is 59.3 Å². The monoisotopic (exact) mass is 472 g/mol. The second-order valence-electron chi connectivity index (χ2n) is 7.73. The van der Waals surface area contributed by atoms with Gasteiger partial charge in [-0.1, -0.05) is 41.5 Å². The van der Waals surface area contributed by atoms with E-state index in [0.717, 1.165) is 5.56 Å². The summed E-state index contributed by atoms with van der Waals surface area (Å²) in [6, 6.07) is 13.1. The largest absolute Gasteiger partial charge is 0.370 e. The number of carbonyl (C=O) groups excluding carboxylic acids is 1. The van der Waals surface area contributed by atoms with E-state index in [0.29, 0.717) is 5.69 Å². The van der Waals surface area contributed by atoms with Gasteiger partial charge in [-0.15, -0.1) is 0 Å². The number of benzene rings is 1. The van der Waals surface area contributed by atoms with Gasteiger partial charge in [-0.2, -0.15) is 4.57 Å². The van der Waals surface area contributed by atoms with Crippen LogP contribution in [-0.4, -0.2) is 43.2 Å². The zero-order valence-electron chi connectivity index (χ0n) is 18.7. The Morgan fingerprint density at radius 3 is 2.42 bits per heavy atom. The molecule has 2 aromatic rings. The lowest BCUT2D eigenvalue weighted by atomic mass is 9.81. The second-order valence-corrected chi connectivity index (χ2v) is 9.81. The zero-order valence-corrected chi connectivity index (χ0v) is 19.6. The molecular weight excluding hydrogens is 445 g/mol. The average molecular weight is 472 g/mol. The molecule has 0 spiro atoms. The SMILES string of the molecule is CCOP(=O)(OCC)C1c2cccc[n+]2C(C(OC)c2ccccc2)[C@@H]2[C@H](N=[N+]=[N-])C(=O)N12. The molecule has 33 heavy (non-hydrogen) atoms. The normalized spacial score (nSPS) is 24.8. The number of amides is 1. The topological polar surface area (TPSA) is 118 Å². The molecule has 0 saturated carbocycles. The van der Waals surface area contributed by atoms with Gasteiger partial charge in [-0.3, -0.25) is 9.36 Å². The van der Waals surface area contributed by atoms with Gasteiger partial charge in [0, 0.05) is 24.2 Å². The van der Waals surface area contributed by atoms with E-state index in [-0.39, 0.29) is 13.2 Å². The van der Waals surface area contributed by atoms with Crippen molar-refractivity contribution in [3.63, 3.8) is 0 Å². The van der Waals surface area contributed by atoms with Crippen molar-refractivity contribution in [3.8, 4) is 0 Å². The summed E-state index contributed by atoms with van der Waals surface area (Å²) in [7, 11) is -2.18. The van der Waals surface area contributed by atoms with E-state index in [9.17, 15) is 9.36 Å². The quantitative estimate of drug-likeness (QED) is 0.136. The molecule has 3 heterocycles. The molecule has 174 valence electrons. The van der Waals surface area contributed by atoms with Crippen LogP contribution in [0.3, 0.4) is 0 Å². The Hall–Kier alpha value is -2.74. The van der Waals surface area contributed by atoms with Crippen LogP contribution in [0.25, 0.3) is 10.4 Å². The van der Waals surface area contributed by atoms with Crippen LogP contribution in [0.15, 0.2) is 59.8 Å². The van der Waals surface area contributed by atoms with Gasteiger partial charge in [0.25, 0.3) is 0 Å². The lowest BCUT2D eigenvalue weighted by Gasteiger charge is -2.54. The van der Waals surface area contributed by atoms with Gasteiger partial charge in [0.05, 0.1) is 13.2 Å². The molecule has 10 nitrogen and oxygen atoms in total. The molecule has 0 N–H and O–H groups in total. The summed E-state index contributed by atoms with van der Waals surface area (Å²) in [6.07, 6.45) is 1.39. The van der Waals surface area contributed by atoms with Crippen molar-refractivity contribution in [3.05, 3.63) is 76.4 Å². The van der Waals surface area contributed by atoms with Crippen LogP contribution in [0, 0.1) is 0 Å². The van der Waals surface area contributed by atoms with E-state index in [1.165, 1.54) is 4.90 Å². The van der Waals surface area contributed by atoms with Crippen LogP contribution in [0.2, 0.25) is 0 Å². The molecule has 11 heteroatoms. The van der Waals surface area contributed by atoms with E-state index in [4.69, 9.17) is 19.3 Å². The fourth-order valence-electron chi connectivity index (χ4n) is 4.88. The Kier molecular flexibility index (Phi) is 6.83. The Morgan fingerprint density at radius 1 is 1.15 bits per heavy atom. The van der Waals surface area contributed by atoms with Crippen molar-refractivity contribution in [2.75, 3.05) is 20.3 Å². The standard InChI is InChI=1S/C22H27N5O5P/c1-4-31-33(29,32-5-2)22-16-13-9-10-14-26(16)19(18-17(24-25-23)21(28)27(18)22)20(30-3)15-11-7-6-8-12-15/h6-14,17-20,22H,4-5H2,1-3H3/q+1/t17-,18-,19?,20?,22?/m0/s1. The van der Waals surface area contributed by atoms with Crippen molar-refractivity contribution < 1.29 is 27.7 Å². The lowest BCUT2D eigenvalue weighted by Crippen LogP contribution is -2.76. The van der Waals surface area contributed by atoms with Gasteiger partial charge in [-0.25, -0.2) is 0 Å². The second kappa shape index (κ2) is 9.63. The molecule has 1 aromatic carbocycles. The lowest BCUT2D eigenvalue weighted by molar-refractivity contribution is -0.753. The van der Waals surface area contributed by atoms with Gasteiger partial charge in [0.2, 0.25) is 23.4 Å². The number of rotatable bonds is 9. The maximum absolute atomic E-state index is 14.0. The van der Waals surface area contributed by atoms with E-state index < -0.39 is 43.5 Å². The summed E-state index contributed by atoms with van der Waals surface area (Å²) in [6.45, 7) is 3.76. The summed E-state index contributed by atoms with van der Waals surface area (Å²) < 4.78 is 33.2. The molecule has 1 fully saturated rings. The van der Waals surface area contributed by atoms with Gasteiger partial charge < -0.3 is 18.7 Å². The van der Waals surface area contributed by atoms with Gasteiger partial charge in [0.15, 0.2) is 6.20 Å². The maximum Gasteiger partial charge on any atom is 0.363 e. The number of hydrogen-bond acceptors (Lipinski definition) is 6. The number of carbonyl (C=O) groups is 1. The first-order valence-corrected chi connectivity index (χ1v) is 12.5. The average Bonchev–Trinajstić information content (AvgIpc) is 2.83. The van der Waals surface area contributed by atoms with E-state index >= 15 is 0 Å². The first kappa shape index (κ1) is 23.4. The minimum atomic E-state index is -3.78. The van der Waals surface area contributed by atoms with Crippen LogP contribution in [-0.2, 0) is 23.1 Å². The minimum Gasteiger partial charge on any atom is -0.370 e. The maximum atomic E-state index is 14.0. The van der Waals surface area contributed by atoms with Gasteiger partial charge in [0.1, 0.15) is 18.2 Å². The first-order chi connectivity index (χ1) is 16.0. The molecule has 5 atom stereocenters. The number of nitrogens with zero attached hydrogens (tertiary/aromatic N) is 5. The first-order valence-electron chi connectivity index (χ1n) is 10.8. The highest BCUT2D eigenvalue weighted by atomic mass is 31.2. The Balaban J connectivity index is 1.94. The molecule has 4 rings (SSSR count). The molecule has 0 radical (unpaired) electrons. The fraction of sp³-hybridized carbons (Fsp3) is 0.455. The zero-order chi connectivity index (χ0) is 23.6. The Bertz CT molecular complexity index is 1100. The number of azide groups is 1. The number of hydrogen-bond donors (Lipinski definition) is 0. The summed E-state index contributed by atoms with van der Waals surface area (Å²) >= 11 is 0. The van der Waals surface area contributed by atoms with Crippen LogP contribution < -0.4 is 4.57 Å². The highest BCUT2D eigenvalue weighted by Crippen LogP contribution is 2.65. The smallest absolute Gasteiger partial charge is 0.363 e. The summed E-state index contributed by atoms with van der Waals surface area (Å²) in [4.78, 5) is 17.6. The molecule has 2 aliphatic rings. The Morgan fingerprint density at radius 2 is 1.82 bits per heavy atom. The number of β-lactam (4-membered cyclic amide) rings is 1. The van der Waals surface area contributed by atoms with Crippen LogP contribution >= 0.6 is 7.60 Å². The molecule has 3 unspecified atom stereocenters. The molecule has 1 aromatic heterocycles. The van der Waals surface area contributed by atoms with Crippen molar-refractivity contribution in [2.45, 2.75) is 43.9 Å². The molecular formula is C22H27N5O5P+. The summed E-state index contributed by atoms with van der Waals surface area (Å²) in [5.41, 5.74) is 10.7. The number of fused-ring (bicyclic) bond motifs is 2. The predicted octanol–water partition coefficient (Wildman–Crippen LogP) is 4.07. The number of aromatic nitrogens is 1. The molecule has 0 bridgehead atoms. The minimum absolute atomic E-state index is 0.154. The highest BCUT2D eigenvalue weighted by molar-refractivity contribution is 7.54. The third-order valence-corrected chi connectivity index (χ3v) is 8.41. The Labute approximate surface area is 192 Å². The van der Waals surface area contributed by atoms with Gasteiger partial charge in [-0.05, 0) is 24.9 Å². The number of pyridine rings is 1. The van der Waals surface area contributed by atoms with Crippen molar-refractivity contribution >= 4 is 13.5 Å². The van der Waals surface area contributed by atoms with Crippen LogP contribution in [0.4, 0.5) is 0 Å². The van der Waals surface area contributed by atoms with Crippen LogP contribution in [0.5, 0.6) is 0 Å². The molecule has 1 amide bonds. The summed E-state index contributed by atoms with van der Waals surface area (Å²) in [5, 5.41) is 3.79. The van der Waals surface area contributed by atoms with E-state index in [1.54, 1.807) is 21.0 Å². The van der Waals surface area contributed by atoms with Crippen LogP contribution in [0.1, 0.15) is 43.0 Å². The fourth-order valence-corrected chi connectivity index (χ4v) is 7.08. The number of ether oxygens (including phenoxy) is 1. The summed E-state index contributed by atoms with van der Waals surface area (Å²) in [5.74, 6) is -1.38. The third kappa shape index (κ3) is 3.84. The van der Waals surface area contributed by atoms with Gasteiger partial charge >= 0.3 is 7.60 Å². The third-order valence-electron chi connectivity index (χ3n) is 6.06. The molecule has 0 aliphatic carbocycles. The predicted molar refractivity (Wildman–Crippen MR) is 119 cm³/mol. The number of methoxy groups -OCH3 is 1. The van der Waals surface area contributed by atoms with E-state index in [2.05, 4.69) is 10.0 Å². The molecule has 2 aliphatic heterocycles. The van der Waals surface area contributed by atoms with Crippen molar-refractivity contribution in [1.29, 1.82) is 0 Å². The molecule has 1 saturated heterocycles. The van der Waals surface area contributed by atoms with Crippen molar-refractivity contribution in [1.82, 2.24) is 4.90 Å². The highest BCUT2D eigenvalue weighted by Gasteiger charge is 2.67.